The van der Waals surface area contributed by atoms with Gasteiger partial charge in [-0.3, -0.25) is 0 Å². The molecule has 0 aliphatic carbocycles. The number of hydrogen-bond acceptors (Lipinski definition) is 2. The molecule has 0 atom stereocenters. The van der Waals surface area contributed by atoms with Gasteiger partial charge in [-0.1, -0.05) is 26.7 Å². The molecule has 1 aliphatic heterocycles. The van der Waals surface area contributed by atoms with E-state index in [0.29, 0.717) is 0 Å². The highest BCUT2D eigenvalue weighted by Crippen LogP contribution is 2.39. The first-order valence-electron chi connectivity index (χ1n) is 4.98. The van der Waals surface area contributed by atoms with Gasteiger partial charge in [-0.2, -0.15) is 0 Å². The van der Waals surface area contributed by atoms with Gasteiger partial charge in [-0.15, -0.1) is 0 Å². The van der Waals surface area contributed by atoms with E-state index in [1.54, 1.807) is 0 Å². The molecular formula is C10H18O2. The van der Waals surface area contributed by atoms with E-state index in [2.05, 4.69) is 13.8 Å². The minimum absolute atomic E-state index is 0.0319. The van der Waals surface area contributed by atoms with Gasteiger partial charge < -0.3 is 4.74 Å². The van der Waals surface area contributed by atoms with E-state index >= 15 is 0 Å². The number of epoxide rings is 1. The average Bonchev–Trinajstić information content (AvgIpc) is 2.71. The fourth-order valence-corrected chi connectivity index (χ4v) is 1.51. The highest BCUT2D eigenvalue weighted by atomic mass is 16.7. The van der Waals surface area contributed by atoms with Crippen molar-refractivity contribution in [1.29, 1.82) is 0 Å². The van der Waals surface area contributed by atoms with Crippen LogP contribution < -0.4 is 0 Å². The first kappa shape index (κ1) is 9.56. The lowest BCUT2D eigenvalue weighted by Crippen LogP contribution is -2.12. The molecule has 12 heavy (non-hydrogen) atoms. The summed E-state index contributed by atoms with van der Waals surface area (Å²) in [5, 5.41) is 0. The highest BCUT2D eigenvalue weighted by Gasteiger charge is 2.56. The molecular weight excluding hydrogens is 152 g/mol. The van der Waals surface area contributed by atoms with Gasteiger partial charge in [-0.05, 0) is 25.7 Å². The first-order chi connectivity index (χ1) is 5.75. The van der Waals surface area contributed by atoms with Crippen molar-refractivity contribution in [3.8, 4) is 0 Å². The minimum Gasteiger partial charge on any atom is -0.444 e. The summed E-state index contributed by atoms with van der Waals surface area (Å²) in [6.07, 6.45) is 6.37. The maximum Gasteiger partial charge on any atom is 0.351 e. The van der Waals surface area contributed by atoms with Crippen LogP contribution in [0.3, 0.4) is 0 Å². The summed E-state index contributed by atoms with van der Waals surface area (Å²) in [5.74, 6) is 0.0319. The van der Waals surface area contributed by atoms with Gasteiger partial charge in [0.25, 0.3) is 0 Å². The zero-order valence-electron chi connectivity index (χ0n) is 8.06. The Labute approximate surface area is 74.3 Å². The molecule has 1 fully saturated rings. The van der Waals surface area contributed by atoms with Crippen LogP contribution in [0.25, 0.3) is 0 Å². The number of ether oxygens (including phenoxy) is 1. The largest absolute Gasteiger partial charge is 0.444 e. The summed E-state index contributed by atoms with van der Waals surface area (Å²) in [6, 6.07) is 0. The molecule has 1 saturated heterocycles. The molecule has 0 aromatic heterocycles. The summed E-state index contributed by atoms with van der Waals surface area (Å²) < 4.78 is 5.07. The van der Waals surface area contributed by atoms with E-state index in [9.17, 15) is 4.79 Å². The highest BCUT2D eigenvalue weighted by molar-refractivity contribution is 5.92. The Balaban J connectivity index is 2.27. The molecule has 0 amide bonds. The van der Waals surface area contributed by atoms with E-state index in [-0.39, 0.29) is 11.6 Å². The Morgan fingerprint density at radius 3 is 1.83 bits per heavy atom. The minimum atomic E-state index is -0.327. The van der Waals surface area contributed by atoms with Crippen molar-refractivity contribution in [2.75, 3.05) is 0 Å². The molecule has 1 aliphatic rings. The number of carbonyl (C=O) groups excluding carboxylic acids is 1. The third-order valence-electron chi connectivity index (χ3n) is 2.49. The van der Waals surface area contributed by atoms with Gasteiger partial charge in [0.05, 0.1) is 0 Å². The maximum absolute atomic E-state index is 11.0. The molecule has 0 unspecified atom stereocenters. The molecule has 0 saturated carbocycles. The Morgan fingerprint density at radius 2 is 1.58 bits per heavy atom. The summed E-state index contributed by atoms with van der Waals surface area (Å²) in [7, 11) is 0. The first-order valence-corrected chi connectivity index (χ1v) is 4.98. The number of hydrogen-bond donors (Lipinski definition) is 0. The molecule has 2 nitrogen and oxygen atoms in total. The summed E-state index contributed by atoms with van der Waals surface area (Å²) in [6.45, 7) is 4.28. The van der Waals surface area contributed by atoms with Crippen LogP contribution >= 0.6 is 0 Å². The zero-order chi connectivity index (χ0) is 9.03. The SMILES string of the molecule is CCCCC1(CCCC)OC1=O. The molecule has 1 rings (SSSR count). The molecule has 0 spiro atoms. The van der Waals surface area contributed by atoms with E-state index < -0.39 is 0 Å². The van der Waals surface area contributed by atoms with Crippen LogP contribution in [0.1, 0.15) is 52.4 Å². The summed E-state index contributed by atoms with van der Waals surface area (Å²) in [5.41, 5.74) is -0.327. The van der Waals surface area contributed by atoms with Gasteiger partial charge >= 0.3 is 5.97 Å². The molecule has 70 valence electrons. The Hall–Kier alpha value is -0.530. The topological polar surface area (TPSA) is 29.6 Å². The molecule has 0 radical (unpaired) electrons. The van der Waals surface area contributed by atoms with Crippen molar-refractivity contribution in [2.45, 2.75) is 58.0 Å². The van der Waals surface area contributed by atoms with Gasteiger partial charge in [-0.25, -0.2) is 4.79 Å². The van der Waals surface area contributed by atoms with Crippen molar-refractivity contribution in [2.24, 2.45) is 0 Å². The summed E-state index contributed by atoms with van der Waals surface area (Å²) in [4.78, 5) is 11.0. The standard InChI is InChI=1S/C10H18O2/c1-3-5-7-10(8-6-4-2)9(11)12-10/h3-8H2,1-2H3. The van der Waals surface area contributed by atoms with Crippen molar-refractivity contribution in [3.05, 3.63) is 0 Å². The molecule has 0 bridgehead atoms. The van der Waals surface area contributed by atoms with E-state index in [1.165, 1.54) is 0 Å². The number of rotatable bonds is 6. The van der Waals surface area contributed by atoms with Crippen molar-refractivity contribution >= 4 is 5.97 Å². The average molecular weight is 170 g/mol. The molecule has 0 aromatic rings. The second-order valence-electron chi connectivity index (χ2n) is 3.59. The molecule has 1 heterocycles. The fraction of sp³-hybridized carbons (Fsp3) is 0.900. The Bertz CT molecular complexity index is 155. The number of unbranched alkanes of at least 4 members (excludes halogenated alkanes) is 2. The van der Waals surface area contributed by atoms with Crippen molar-refractivity contribution < 1.29 is 9.53 Å². The smallest absolute Gasteiger partial charge is 0.351 e. The van der Waals surface area contributed by atoms with Gasteiger partial charge in [0.15, 0.2) is 0 Å². The van der Waals surface area contributed by atoms with Crippen LogP contribution in [0.4, 0.5) is 0 Å². The van der Waals surface area contributed by atoms with Crippen molar-refractivity contribution in [1.82, 2.24) is 0 Å². The van der Waals surface area contributed by atoms with E-state index in [0.717, 1.165) is 38.5 Å². The van der Waals surface area contributed by atoms with Crippen LogP contribution in [-0.4, -0.2) is 11.6 Å². The van der Waals surface area contributed by atoms with Crippen LogP contribution in [-0.2, 0) is 9.53 Å². The Morgan fingerprint density at radius 1 is 1.17 bits per heavy atom. The quantitative estimate of drug-likeness (QED) is 0.573. The fourth-order valence-electron chi connectivity index (χ4n) is 1.51. The second kappa shape index (κ2) is 3.92. The molecule has 0 aromatic carbocycles. The predicted molar refractivity (Wildman–Crippen MR) is 47.9 cm³/mol. The second-order valence-corrected chi connectivity index (χ2v) is 3.59. The monoisotopic (exact) mass is 170 g/mol. The lowest BCUT2D eigenvalue weighted by Gasteiger charge is -2.05. The Kier molecular flexibility index (Phi) is 3.12. The lowest BCUT2D eigenvalue weighted by molar-refractivity contribution is -0.117. The van der Waals surface area contributed by atoms with Crippen LogP contribution in [0.2, 0.25) is 0 Å². The van der Waals surface area contributed by atoms with Gasteiger partial charge in [0, 0.05) is 0 Å². The van der Waals surface area contributed by atoms with E-state index in [1.807, 2.05) is 0 Å². The summed E-state index contributed by atoms with van der Waals surface area (Å²) >= 11 is 0. The van der Waals surface area contributed by atoms with Crippen LogP contribution in [0.15, 0.2) is 0 Å². The van der Waals surface area contributed by atoms with Gasteiger partial charge in [0.1, 0.15) is 0 Å². The third-order valence-corrected chi connectivity index (χ3v) is 2.49. The number of cyclic esters (lactones) is 1. The maximum atomic E-state index is 11.0. The normalized spacial score (nSPS) is 19.0. The third kappa shape index (κ3) is 1.99. The molecule has 0 N–H and O–H groups in total. The lowest BCUT2D eigenvalue weighted by atomic mass is 9.96. The van der Waals surface area contributed by atoms with Crippen LogP contribution in [0, 0.1) is 0 Å². The predicted octanol–water partition coefficient (Wildman–Crippen LogP) is 2.66. The van der Waals surface area contributed by atoms with Crippen molar-refractivity contribution in [3.63, 3.8) is 0 Å². The number of carbonyl (C=O) groups is 1. The molecule has 2 heteroatoms. The van der Waals surface area contributed by atoms with Gasteiger partial charge in [0.2, 0.25) is 5.60 Å². The van der Waals surface area contributed by atoms with Crippen LogP contribution in [0.5, 0.6) is 0 Å². The zero-order valence-corrected chi connectivity index (χ0v) is 8.06. The van der Waals surface area contributed by atoms with E-state index in [4.69, 9.17) is 4.74 Å².